The molecule has 116 valence electrons. The van der Waals surface area contributed by atoms with Gasteiger partial charge in [-0.2, -0.15) is 0 Å². The summed E-state index contributed by atoms with van der Waals surface area (Å²) in [5.74, 6) is 0. The second-order valence-electron chi connectivity index (χ2n) is 4.71. The fourth-order valence-electron chi connectivity index (χ4n) is 2.23. The van der Waals surface area contributed by atoms with E-state index in [0.717, 1.165) is 17.5 Å². The topological polar surface area (TPSA) is 55.6 Å². The lowest BCUT2D eigenvalue weighted by atomic mass is 9.91. The number of nitrogens with zero attached hydrogens (tertiary/aromatic N) is 1. The number of carbonyl (C=O) groups excluding carboxylic acids is 1. The van der Waals surface area contributed by atoms with E-state index in [1.54, 1.807) is 17.0 Å². The van der Waals surface area contributed by atoms with E-state index in [-0.39, 0.29) is 12.6 Å². The number of rotatable bonds is 3. The van der Waals surface area contributed by atoms with Gasteiger partial charge in [0.25, 0.3) is 0 Å². The number of amides is 1. The summed E-state index contributed by atoms with van der Waals surface area (Å²) >= 11 is 22.7. The van der Waals surface area contributed by atoms with Crippen LogP contribution in [0.5, 0.6) is 0 Å². The summed E-state index contributed by atoms with van der Waals surface area (Å²) in [5.41, 5.74) is 7.61. The molecule has 4 nitrogen and oxygen atoms in total. The van der Waals surface area contributed by atoms with E-state index in [9.17, 15) is 4.79 Å². The Labute approximate surface area is 143 Å². The third-order valence-corrected chi connectivity index (χ3v) is 3.86. The van der Waals surface area contributed by atoms with Crippen LogP contribution in [0.4, 0.5) is 4.79 Å². The molecule has 1 saturated heterocycles. The number of benzene rings is 1. The monoisotopic (exact) mass is 370 g/mol. The van der Waals surface area contributed by atoms with Gasteiger partial charge >= 0.3 is 6.09 Å². The maximum absolute atomic E-state index is 12.0. The van der Waals surface area contributed by atoms with Gasteiger partial charge in [-0.05, 0) is 29.7 Å². The normalized spacial score (nSPS) is 18.3. The van der Waals surface area contributed by atoms with E-state index in [1.807, 2.05) is 6.07 Å². The number of nitrogens with two attached hydrogens (primary N) is 1. The zero-order valence-electron chi connectivity index (χ0n) is 11.0. The van der Waals surface area contributed by atoms with Gasteiger partial charge in [-0.15, -0.1) is 0 Å². The van der Waals surface area contributed by atoms with Crippen molar-refractivity contribution in [2.24, 2.45) is 5.73 Å². The molecule has 1 aromatic rings. The zero-order chi connectivity index (χ0) is 15.6. The number of ether oxygens (including phenoxy) is 1. The van der Waals surface area contributed by atoms with Crippen molar-refractivity contribution in [3.05, 3.63) is 34.3 Å². The average Bonchev–Trinajstić information content (AvgIpc) is 2.36. The Morgan fingerprint density at radius 3 is 2.67 bits per heavy atom. The standard InChI is InChI=1S/C13H14Cl4N2O2/c14-9-1-2-10(8(5-9)6-18)11-3-4-19(11)12(20)21-7-13(15,16)17/h1-2,5,11H,3-4,6-7,18H2. The van der Waals surface area contributed by atoms with Gasteiger partial charge in [-0.25, -0.2) is 4.79 Å². The fourth-order valence-corrected chi connectivity index (χ4v) is 2.59. The molecule has 2 N–H and O–H groups in total. The lowest BCUT2D eigenvalue weighted by Crippen LogP contribution is -2.46. The van der Waals surface area contributed by atoms with Crippen molar-refractivity contribution in [1.82, 2.24) is 4.90 Å². The summed E-state index contributed by atoms with van der Waals surface area (Å²) < 4.78 is 3.38. The van der Waals surface area contributed by atoms with Crippen molar-refractivity contribution in [3.63, 3.8) is 0 Å². The molecule has 1 fully saturated rings. The summed E-state index contributed by atoms with van der Waals surface area (Å²) in [5, 5.41) is 0.615. The minimum absolute atomic E-state index is 0.0799. The van der Waals surface area contributed by atoms with Crippen LogP contribution in [0.3, 0.4) is 0 Å². The minimum atomic E-state index is -1.61. The molecule has 1 aliphatic heterocycles. The molecular weight excluding hydrogens is 358 g/mol. The van der Waals surface area contributed by atoms with Gasteiger partial charge in [0, 0.05) is 18.1 Å². The third-order valence-electron chi connectivity index (χ3n) is 3.30. The summed E-state index contributed by atoms with van der Waals surface area (Å²) in [7, 11) is 0. The molecule has 0 spiro atoms. The highest BCUT2D eigenvalue weighted by atomic mass is 35.6. The van der Waals surface area contributed by atoms with Crippen LogP contribution in [0.25, 0.3) is 0 Å². The van der Waals surface area contributed by atoms with E-state index in [0.29, 0.717) is 18.1 Å². The molecule has 1 atom stereocenters. The Balaban J connectivity index is 2.07. The second kappa shape index (κ2) is 6.80. The van der Waals surface area contributed by atoms with E-state index < -0.39 is 9.89 Å². The number of hydrogen-bond donors (Lipinski definition) is 1. The number of halogens is 4. The highest BCUT2D eigenvalue weighted by molar-refractivity contribution is 6.67. The van der Waals surface area contributed by atoms with Gasteiger partial charge in [0.15, 0.2) is 0 Å². The Bertz CT molecular complexity index is 533. The van der Waals surface area contributed by atoms with Crippen LogP contribution in [0.2, 0.25) is 5.02 Å². The SMILES string of the molecule is NCc1cc(Cl)ccc1C1CCN1C(=O)OCC(Cl)(Cl)Cl. The van der Waals surface area contributed by atoms with Crippen LogP contribution in [0, 0.1) is 0 Å². The Hall–Kier alpha value is -0.390. The van der Waals surface area contributed by atoms with E-state index in [1.165, 1.54) is 0 Å². The lowest BCUT2D eigenvalue weighted by Gasteiger charge is -2.41. The van der Waals surface area contributed by atoms with Crippen LogP contribution in [0.15, 0.2) is 18.2 Å². The Kier molecular flexibility index (Phi) is 5.49. The summed E-state index contributed by atoms with van der Waals surface area (Å²) in [4.78, 5) is 13.6. The van der Waals surface area contributed by atoms with Gasteiger partial charge in [0.05, 0.1) is 6.04 Å². The maximum atomic E-state index is 12.0. The van der Waals surface area contributed by atoms with Crippen molar-refractivity contribution >= 4 is 52.5 Å². The lowest BCUT2D eigenvalue weighted by molar-refractivity contribution is 0.0483. The molecule has 8 heteroatoms. The van der Waals surface area contributed by atoms with Gasteiger partial charge < -0.3 is 15.4 Å². The number of likely N-dealkylation sites (tertiary alicyclic amines) is 1. The van der Waals surface area contributed by atoms with Crippen molar-refractivity contribution in [2.45, 2.75) is 22.8 Å². The predicted molar refractivity (Wildman–Crippen MR) is 85.0 cm³/mol. The van der Waals surface area contributed by atoms with Crippen molar-refractivity contribution in [3.8, 4) is 0 Å². The Morgan fingerprint density at radius 2 is 2.14 bits per heavy atom. The molecule has 1 aliphatic rings. The van der Waals surface area contributed by atoms with Crippen LogP contribution < -0.4 is 5.73 Å². The average molecular weight is 372 g/mol. The summed E-state index contributed by atoms with van der Waals surface area (Å²) in [6.07, 6.45) is 0.327. The number of carbonyl (C=O) groups is 1. The zero-order valence-corrected chi connectivity index (χ0v) is 14.0. The van der Waals surface area contributed by atoms with Gasteiger partial charge in [-0.3, -0.25) is 0 Å². The highest BCUT2D eigenvalue weighted by Gasteiger charge is 2.36. The van der Waals surface area contributed by atoms with Crippen molar-refractivity contribution < 1.29 is 9.53 Å². The maximum Gasteiger partial charge on any atom is 0.410 e. The predicted octanol–water partition coefficient (Wildman–Crippen LogP) is 4.05. The second-order valence-corrected chi connectivity index (χ2v) is 7.67. The molecule has 2 rings (SSSR count). The molecule has 0 aromatic heterocycles. The molecule has 1 heterocycles. The van der Waals surface area contributed by atoms with Crippen LogP contribution in [-0.4, -0.2) is 27.9 Å². The Morgan fingerprint density at radius 1 is 1.43 bits per heavy atom. The molecule has 0 saturated carbocycles. The fraction of sp³-hybridized carbons (Fsp3) is 0.462. The first-order chi connectivity index (χ1) is 9.81. The first-order valence-electron chi connectivity index (χ1n) is 6.30. The van der Waals surface area contributed by atoms with Gasteiger partial charge in [0.1, 0.15) is 6.61 Å². The highest BCUT2D eigenvalue weighted by Crippen LogP contribution is 2.37. The smallest absolute Gasteiger partial charge is 0.410 e. The molecule has 1 unspecified atom stereocenters. The van der Waals surface area contributed by atoms with Gasteiger partial charge in [-0.1, -0.05) is 52.5 Å². The van der Waals surface area contributed by atoms with Gasteiger partial charge in [0.2, 0.25) is 3.79 Å². The molecule has 0 aliphatic carbocycles. The summed E-state index contributed by atoms with van der Waals surface area (Å²) in [6.45, 7) is 0.656. The van der Waals surface area contributed by atoms with Crippen LogP contribution in [0.1, 0.15) is 23.6 Å². The van der Waals surface area contributed by atoms with E-state index in [4.69, 9.17) is 56.9 Å². The molecule has 1 aromatic carbocycles. The molecule has 1 amide bonds. The van der Waals surface area contributed by atoms with E-state index >= 15 is 0 Å². The van der Waals surface area contributed by atoms with Crippen molar-refractivity contribution in [2.75, 3.05) is 13.2 Å². The van der Waals surface area contributed by atoms with Crippen LogP contribution >= 0.6 is 46.4 Å². The minimum Gasteiger partial charge on any atom is -0.445 e. The number of hydrogen-bond acceptors (Lipinski definition) is 3. The molecule has 0 bridgehead atoms. The van der Waals surface area contributed by atoms with Crippen molar-refractivity contribution in [1.29, 1.82) is 0 Å². The van der Waals surface area contributed by atoms with Crippen LogP contribution in [-0.2, 0) is 11.3 Å². The summed E-state index contributed by atoms with van der Waals surface area (Å²) in [6, 6.07) is 5.38. The first kappa shape index (κ1) is 17.0. The molecular formula is C13H14Cl4N2O2. The quantitative estimate of drug-likeness (QED) is 0.815. The third kappa shape index (κ3) is 4.30. The number of alkyl halides is 3. The first-order valence-corrected chi connectivity index (χ1v) is 7.81. The van der Waals surface area contributed by atoms with E-state index in [2.05, 4.69) is 0 Å². The molecule has 21 heavy (non-hydrogen) atoms. The largest absolute Gasteiger partial charge is 0.445 e. The molecule has 0 radical (unpaired) electrons.